The summed E-state index contributed by atoms with van der Waals surface area (Å²) >= 11 is 2.79. The van der Waals surface area contributed by atoms with Crippen LogP contribution in [0.3, 0.4) is 0 Å². The van der Waals surface area contributed by atoms with Gasteiger partial charge in [0.2, 0.25) is 11.0 Å². The summed E-state index contributed by atoms with van der Waals surface area (Å²) < 4.78 is 0.723. The van der Waals surface area contributed by atoms with E-state index in [9.17, 15) is 14.4 Å². The number of nitrogens with one attached hydrogen (secondary N) is 1. The summed E-state index contributed by atoms with van der Waals surface area (Å²) in [4.78, 5) is 39.8. The first-order chi connectivity index (χ1) is 15.0. The number of imide groups is 1. The standard InChI is InChI=1S/C22H20N4O3S2/c1-13(2)17(26-19(28)15-10-6-7-11-16(15)20(26)29)18(27)23-21-24-25-22(31-21)30-12-14-8-4-3-5-9-14/h3-11,13,17H,12H2,1-2H3,(H,23,24,27). The van der Waals surface area contributed by atoms with Crippen LogP contribution >= 0.6 is 23.1 Å². The Kier molecular flexibility index (Phi) is 6.15. The molecule has 0 radical (unpaired) electrons. The van der Waals surface area contributed by atoms with Crippen molar-refractivity contribution in [1.29, 1.82) is 0 Å². The van der Waals surface area contributed by atoms with Crippen LogP contribution < -0.4 is 5.32 Å². The van der Waals surface area contributed by atoms with Crippen LogP contribution in [0.5, 0.6) is 0 Å². The van der Waals surface area contributed by atoms with Gasteiger partial charge in [0.25, 0.3) is 11.8 Å². The fraction of sp³-hybridized carbons (Fsp3) is 0.227. The Hall–Kier alpha value is -3.04. The number of nitrogens with zero attached hydrogens (tertiary/aromatic N) is 3. The van der Waals surface area contributed by atoms with Crippen molar-refractivity contribution >= 4 is 46.0 Å². The molecule has 1 aliphatic heterocycles. The molecule has 2 heterocycles. The number of carbonyl (C=O) groups excluding carboxylic acids is 3. The van der Waals surface area contributed by atoms with Gasteiger partial charge in [-0.3, -0.25) is 24.6 Å². The smallest absolute Gasteiger partial charge is 0.262 e. The number of benzene rings is 2. The molecule has 3 amide bonds. The number of anilines is 1. The lowest BCUT2D eigenvalue weighted by atomic mass is 10.0. The van der Waals surface area contributed by atoms with Gasteiger partial charge in [-0.05, 0) is 23.6 Å². The van der Waals surface area contributed by atoms with Gasteiger partial charge in [-0.15, -0.1) is 10.2 Å². The molecule has 3 aromatic rings. The Bertz CT molecular complexity index is 1100. The lowest BCUT2D eigenvalue weighted by molar-refractivity contribution is -0.121. The Balaban J connectivity index is 1.46. The largest absolute Gasteiger partial charge is 0.299 e. The van der Waals surface area contributed by atoms with E-state index in [-0.39, 0.29) is 5.92 Å². The molecule has 1 N–H and O–H groups in total. The van der Waals surface area contributed by atoms with Gasteiger partial charge in [0.1, 0.15) is 6.04 Å². The average Bonchev–Trinajstić information content (AvgIpc) is 3.31. The lowest BCUT2D eigenvalue weighted by Gasteiger charge is -2.27. The normalized spacial score (nSPS) is 14.1. The lowest BCUT2D eigenvalue weighted by Crippen LogP contribution is -2.50. The van der Waals surface area contributed by atoms with E-state index in [2.05, 4.69) is 15.5 Å². The highest BCUT2D eigenvalue weighted by Gasteiger charge is 2.44. The van der Waals surface area contributed by atoms with Crippen LogP contribution in [0, 0.1) is 5.92 Å². The van der Waals surface area contributed by atoms with Crippen LogP contribution in [0.4, 0.5) is 5.13 Å². The van der Waals surface area contributed by atoms with E-state index in [0.29, 0.717) is 16.3 Å². The first-order valence-electron chi connectivity index (χ1n) is 9.73. The molecule has 1 atom stereocenters. The number of amides is 3. The second-order valence-electron chi connectivity index (χ2n) is 7.35. The SMILES string of the molecule is CC(C)C(C(=O)Nc1nnc(SCc2ccccc2)s1)N1C(=O)c2ccccc2C1=O. The average molecular weight is 453 g/mol. The molecule has 1 unspecified atom stereocenters. The van der Waals surface area contributed by atoms with Crippen molar-refractivity contribution in [1.82, 2.24) is 15.1 Å². The fourth-order valence-corrected chi connectivity index (χ4v) is 5.11. The van der Waals surface area contributed by atoms with E-state index in [0.717, 1.165) is 15.0 Å². The van der Waals surface area contributed by atoms with Gasteiger partial charge in [-0.1, -0.05) is 79.4 Å². The molecule has 0 bridgehead atoms. The highest BCUT2D eigenvalue weighted by Crippen LogP contribution is 2.30. The van der Waals surface area contributed by atoms with Gasteiger partial charge in [0.05, 0.1) is 11.1 Å². The monoisotopic (exact) mass is 452 g/mol. The quantitative estimate of drug-likeness (QED) is 0.330. The van der Waals surface area contributed by atoms with Crippen molar-refractivity contribution in [3.05, 3.63) is 71.3 Å². The summed E-state index contributed by atoms with van der Waals surface area (Å²) in [6, 6.07) is 15.7. The summed E-state index contributed by atoms with van der Waals surface area (Å²) in [5.74, 6) is -0.897. The van der Waals surface area contributed by atoms with Gasteiger partial charge in [0, 0.05) is 5.75 Å². The molecule has 1 aromatic heterocycles. The van der Waals surface area contributed by atoms with Gasteiger partial charge in [0.15, 0.2) is 4.34 Å². The van der Waals surface area contributed by atoms with Crippen molar-refractivity contribution in [2.45, 2.75) is 30.0 Å². The Morgan fingerprint density at radius 3 is 2.23 bits per heavy atom. The molecular formula is C22H20N4O3S2. The predicted octanol–water partition coefficient (Wildman–Crippen LogP) is 4.09. The van der Waals surface area contributed by atoms with E-state index >= 15 is 0 Å². The van der Waals surface area contributed by atoms with Crippen molar-refractivity contribution in [2.75, 3.05) is 5.32 Å². The molecule has 4 rings (SSSR count). The molecule has 31 heavy (non-hydrogen) atoms. The molecule has 158 valence electrons. The zero-order chi connectivity index (χ0) is 22.0. The number of aromatic nitrogens is 2. The van der Waals surface area contributed by atoms with Gasteiger partial charge < -0.3 is 0 Å². The van der Waals surface area contributed by atoms with Crippen LogP contribution in [0.25, 0.3) is 0 Å². The summed E-state index contributed by atoms with van der Waals surface area (Å²) in [7, 11) is 0. The van der Waals surface area contributed by atoms with E-state index in [4.69, 9.17) is 0 Å². The summed E-state index contributed by atoms with van der Waals surface area (Å²) in [5.41, 5.74) is 1.81. The summed E-state index contributed by atoms with van der Waals surface area (Å²) in [5, 5.41) is 11.2. The number of hydrogen-bond donors (Lipinski definition) is 1. The maximum Gasteiger partial charge on any atom is 0.262 e. The van der Waals surface area contributed by atoms with E-state index in [1.807, 2.05) is 30.3 Å². The van der Waals surface area contributed by atoms with Crippen molar-refractivity contribution in [3.63, 3.8) is 0 Å². The van der Waals surface area contributed by atoms with Crippen LogP contribution in [-0.4, -0.2) is 38.9 Å². The summed E-state index contributed by atoms with van der Waals surface area (Å²) in [6.07, 6.45) is 0. The highest BCUT2D eigenvalue weighted by atomic mass is 32.2. The zero-order valence-corrected chi connectivity index (χ0v) is 18.6. The minimum atomic E-state index is -0.947. The minimum Gasteiger partial charge on any atom is -0.299 e. The van der Waals surface area contributed by atoms with Crippen molar-refractivity contribution < 1.29 is 14.4 Å². The van der Waals surface area contributed by atoms with Crippen LogP contribution in [0.1, 0.15) is 40.1 Å². The van der Waals surface area contributed by atoms with Crippen molar-refractivity contribution in [3.8, 4) is 0 Å². The third-order valence-corrected chi connectivity index (χ3v) is 6.89. The van der Waals surface area contributed by atoms with Crippen LogP contribution in [0.15, 0.2) is 58.9 Å². The maximum atomic E-state index is 13.0. The molecule has 0 fully saturated rings. The Morgan fingerprint density at radius 1 is 1.00 bits per heavy atom. The molecule has 1 aliphatic rings. The Labute approximate surface area is 187 Å². The third-order valence-electron chi connectivity index (χ3n) is 4.85. The zero-order valence-electron chi connectivity index (χ0n) is 16.9. The number of thioether (sulfide) groups is 1. The number of fused-ring (bicyclic) bond motifs is 1. The topological polar surface area (TPSA) is 92.3 Å². The summed E-state index contributed by atoms with van der Waals surface area (Å²) in [6.45, 7) is 3.60. The molecular weight excluding hydrogens is 432 g/mol. The first kappa shape index (κ1) is 21.2. The highest BCUT2D eigenvalue weighted by molar-refractivity contribution is 8.00. The molecule has 7 nitrogen and oxygen atoms in total. The Morgan fingerprint density at radius 2 is 1.61 bits per heavy atom. The maximum absolute atomic E-state index is 13.0. The molecule has 0 spiro atoms. The van der Waals surface area contributed by atoms with Gasteiger partial charge >= 0.3 is 0 Å². The van der Waals surface area contributed by atoms with E-state index < -0.39 is 23.8 Å². The van der Waals surface area contributed by atoms with Crippen LogP contribution in [-0.2, 0) is 10.5 Å². The van der Waals surface area contributed by atoms with Gasteiger partial charge in [-0.2, -0.15) is 0 Å². The minimum absolute atomic E-state index is 0.276. The molecule has 0 aliphatic carbocycles. The first-order valence-corrected chi connectivity index (χ1v) is 11.5. The number of hydrogen-bond acceptors (Lipinski definition) is 7. The van der Waals surface area contributed by atoms with Gasteiger partial charge in [-0.25, -0.2) is 0 Å². The van der Waals surface area contributed by atoms with Crippen LogP contribution in [0.2, 0.25) is 0 Å². The molecule has 0 saturated heterocycles. The predicted molar refractivity (Wildman–Crippen MR) is 120 cm³/mol. The number of rotatable bonds is 7. The van der Waals surface area contributed by atoms with Crippen molar-refractivity contribution in [2.24, 2.45) is 5.92 Å². The fourth-order valence-electron chi connectivity index (χ4n) is 3.40. The molecule has 9 heteroatoms. The number of carbonyl (C=O) groups is 3. The molecule has 0 saturated carbocycles. The second-order valence-corrected chi connectivity index (χ2v) is 9.55. The molecule has 2 aromatic carbocycles. The van der Waals surface area contributed by atoms with E-state index in [1.165, 1.54) is 28.7 Å². The van der Waals surface area contributed by atoms with E-state index in [1.54, 1.807) is 38.1 Å². The third kappa shape index (κ3) is 4.38. The second kappa shape index (κ2) is 8.99.